The predicted molar refractivity (Wildman–Crippen MR) is 208 cm³/mol. The Bertz CT molecular complexity index is 2050. The molecule has 2 saturated carbocycles. The van der Waals surface area contributed by atoms with E-state index < -0.39 is 105 Å². The Balaban J connectivity index is 1.38. The van der Waals surface area contributed by atoms with E-state index in [0.29, 0.717) is 49.8 Å². The van der Waals surface area contributed by atoms with Crippen molar-refractivity contribution in [2.45, 2.75) is 127 Å². The number of pyridine rings is 1. The Kier molecular flexibility index (Phi) is 12.5. The van der Waals surface area contributed by atoms with Gasteiger partial charge in [-0.1, -0.05) is 39.0 Å². The molecule has 3 fully saturated rings. The topological polar surface area (TPSA) is 158 Å². The number of rotatable bonds is 10. The fourth-order valence-electron chi connectivity index (χ4n) is 8.62. The van der Waals surface area contributed by atoms with Gasteiger partial charge in [0.05, 0.1) is 48.9 Å². The first-order valence-corrected chi connectivity index (χ1v) is 21.8. The van der Waals surface area contributed by atoms with Gasteiger partial charge in [0.1, 0.15) is 17.7 Å². The smallest absolute Gasteiger partial charge is 0.427 e. The van der Waals surface area contributed by atoms with Crippen molar-refractivity contribution >= 4 is 39.7 Å². The highest BCUT2D eigenvalue weighted by Crippen LogP contribution is 2.57. The van der Waals surface area contributed by atoms with Gasteiger partial charge in [-0.3, -0.25) is 23.9 Å². The minimum atomic E-state index is -4.89. The number of halogens is 4. The number of ether oxygens (including phenoxy) is 3. The van der Waals surface area contributed by atoms with Gasteiger partial charge in [-0.15, -0.1) is 0 Å². The number of carbonyl (C=O) groups is 4. The van der Waals surface area contributed by atoms with Crippen molar-refractivity contribution in [2.24, 2.45) is 29.1 Å². The summed E-state index contributed by atoms with van der Waals surface area (Å²) in [7, 11) is -2.53. The third kappa shape index (κ3) is 9.39. The highest BCUT2D eigenvalue weighted by molar-refractivity contribution is 7.90. The molecular weight excluding hydrogens is 799 g/mol. The molecular formula is C42H53F4N3O9S. The van der Waals surface area contributed by atoms with E-state index in [9.17, 15) is 45.2 Å². The number of sulfonamides is 1. The van der Waals surface area contributed by atoms with Crippen LogP contribution in [0.3, 0.4) is 0 Å². The number of nitrogens with one attached hydrogen (secondary N) is 1. The van der Waals surface area contributed by atoms with Crippen LogP contribution in [0.5, 0.6) is 11.6 Å². The van der Waals surface area contributed by atoms with Crippen molar-refractivity contribution in [3.05, 3.63) is 47.5 Å². The summed E-state index contributed by atoms with van der Waals surface area (Å²) < 4.78 is 101. The molecule has 0 aromatic carbocycles. The lowest BCUT2D eigenvalue weighted by Gasteiger charge is -2.34. The summed E-state index contributed by atoms with van der Waals surface area (Å²) >= 11 is 0. The molecule has 3 heterocycles. The van der Waals surface area contributed by atoms with E-state index >= 15 is 0 Å². The number of Topliss-reactive ketones (excluding diaryl/α,β-unsaturated/α-hetero) is 1. The molecule has 0 radical (unpaired) electrons. The van der Waals surface area contributed by atoms with Gasteiger partial charge in [0.15, 0.2) is 5.78 Å². The normalized spacial score (nSPS) is 29.8. The highest BCUT2D eigenvalue weighted by Gasteiger charge is 2.62. The van der Waals surface area contributed by atoms with Gasteiger partial charge >= 0.3 is 12.1 Å². The number of carbonyl (C=O) groups excluding carboxylic acids is 4. The van der Waals surface area contributed by atoms with Crippen LogP contribution in [0.2, 0.25) is 0 Å². The van der Waals surface area contributed by atoms with Crippen molar-refractivity contribution in [3.63, 3.8) is 0 Å². The predicted octanol–water partition coefficient (Wildman–Crippen LogP) is 6.73. The van der Waals surface area contributed by atoms with Gasteiger partial charge in [0.25, 0.3) is 0 Å². The van der Waals surface area contributed by atoms with E-state index in [1.165, 1.54) is 24.3 Å². The van der Waals surface area contributed by atoms with Crippen LogP contribution in [0.4, 0.5) is 17.6 Å². The number of aromatic nitrogens is 1. The minimum absolute atomic E-state index is 0.000571. The van der Waals surface area contributed by atoms with Gasteiger partial charge in [0.2, 0.25) is 33.3 Å². The van der Waals surface area contributed by atoms with Crippen LogP contribution in [0.1, 0.15) is 103 Å². The van der Waals surface area contributed by atoms with Gasteiger partial charge < -0.3 is 19.1 Å². The van der Waals surface area contributed by atoms with Gasteiger partial charge in [-0.2, -0.15) is 13.2 Å². The molecule has 5 aliphatic rings. The number of allylic oxidation sites excluding steroid dienone is 4. The summed E-state index contributed by atoms with van der Waals surface area (Å²) in [5.41, 5.74) is -3.19. The molecule has 2 aliphatic heterocycles. The fraction of sp³-hybridized carbons (Fsp3) is 0.643. The first-order valence-electron chi connectivity index (χ1n) is 20.2. The molecule has 1 aromatic heterocycles. The highest BCUT2D eigenvalue weighted by atomic mass is 32.2. The summed E-state index contributed by atoms with van der Waals surface area (Å²) in [6.45, 7) is 8.79. The Morgan fingerprint density at radius 1 is 1.14 bits per heavy atom. The van der Waals surface area contributed by atoms with E-state index in [1.54, 1.807) is 0 Å². The monoisotopic (exact) mass is 851 g/mol. The fourth-order valence-corrected chi connectivity index (χ4v) is 10.0. The van der Waals surface area contributed by atoms with Crippen LogP contribution in [0, 0.1) is 29.1 Å². The molecule has 0 bridgehead atoms. The van der Waals surface area contributed by atoms with E-state index in [0.717, 1.165) is 13.8 Å². The summed E-state index contributed by atoms with van der Waals surface area (Å²) in [6, 6.07) is -1.24. The molecule has 7 atom stereocenters. The van der Waals surface area contributed by atoms with E-state index in [-0.39, 0.29) is 48.7 Å². The summed E-state index contributed by atoms with van der Waals surface area (Å²) in [4.78, 5) is 62.5. The molecule has 2 amide bonds. The lowest BCUT2D eigenvalue weighted by Crippen LogP contribution is -2.48. The lowest BCUT2D eigenvalue weighted by atomic mass is 9.79. The number of ketones is 1. The number of amides is 2. The second-order valence-corrected chi connectivity index (χ2v) is 19.3. The molecule has 0 spiro atoms. The standard InChI is InChI=1S/C42H53F4N3O9S/c1-7-25-14-23(2)10-8-9-11-26-19-41(26,39(53)48-59(54,55)28-12-13-28)20-34(50)33-16-27(57-37-31-17-32(43)24(3)15-30(31)35(56-6)21-47-37)22-49(33)38(52)29(25)18-36(51)58-40(4,5)42(44,45)46/h9,11,17,21,23,25-29,33H,3,7-8,10,12-16,18-20,22H2,1-2,4-6H3,(H,48,53)/b11-9-/t23-,25-,26-,27-,29+,33+,41-/m1/s1. The maximum Gasteiger partial charge on any atom is 0.427 e. The maximum absolute atomic E-state index is 15.0. The molecule has 1 aromatic rings. The van der Waals surface area contributed by atoms with E-state index in [2.05, 4.69) is 16.3 Å². The quantitative estimate of drug-likeness (QED) is 0.152. The number of nitrogens with zero attached hydrogens (tertiary/aromatic N) is 2. The third-order valence-electron chi connectivity index (χ3n) is 12.6. The van der Waals surface area contributed by atoms with Gasteiger partial charge in [0, 0.05) is 30.4 Å². The number of hydrogen-bond acceptors (Lipinski definition) is 10. The molecule has 12 nitrogen and oxygen atoms in total. The van der Waals surface area contributed by atoms with Crippen LogP contribution in [-0.2, 0) is 40.4 Å². The number of fused-ring (bicyclic) bond motifs is 3. The van der Waals surface area contributed by atoms with Crippen molar-refractivity contribution in [3.8, 4) is 11.6 Å². The number of esters is 1. The molecule has 59 heavy (non-hydrogen) atoms. The Morgan fingerprint density at radius 2 is 1.85 bits per heavy atom. The zero-order valence-electron chi connectivity index (χ0n) is 34.0. The number of hydrogen-bond donors (Lipinski definition) is 1. The average molecular weight is 852 g/mol. The summed E-state index contributed by atoms with van der Waals surface area (Å²) in [5.74, 6) is -5.63. The Morgan fingerprint density at radius 3 is 2.49 bits per heavy atom. The molecule has 17 heteroatoms. The van der Waals surface area contributed by atoms with Crippen molar-refractivity contribution in [2.75, 3.05) is 13.7 Å². The zero-order valence-corrected chi connectivity index (χ0v) is 34.8. The maximum atomic E-state index is 15.0. The SMILES string of the molecule is C=C1Cc2c(OC)cnc(O[C@@H]3C[C@H]4C(=O)C[C@]5(C(=O)NS(=O)(=O)C6CC6)C[C@H]5/C=C\CC[C@@H](C)C[C@@H](CC)[C@H](CC(=O)OC(C)(C)C(F)(F)F)C(=O)N4C3)c2C=C1F. The summed E-state index contributed by atoms with van der Waals surface area (Å²) in [5, 5.41) is -0.688. The summed E-state index contributed by atoms with van der Waals surface area (Å²) in [6.07, 6.45) is 2.48. The molecule has 324 valence electrons. The van der Waals surface area contributed by atoms with Crippen LogP contribution in [0.25, 0.3) is 6.08 Å². The van der Waals surface area contributed by atoms with Crippen molar-refractivity contribution in [1.29, 1.82) is 0 Å². The largest absolute Gasteiger partial charge is 0.495 e. The first kappa shape index (κ1) is 44.3. The minimum Gasteiger partial charge on any atom is -0.495 e. The first-order chi connectivity index (χ1) is 27.6. The van der Waals surface area contributed by atoms with Crippen molar-refractivity contribution in [1.82, 2.24) is 14.6 Å². The van der Waals surface area contributed by atoms with Crippen LogP contribution < -0.4 is 14.2 Å². The van der Waals surface area contributed by atoms with Crippen LogP contribution in [-0.4, -0.2) is 84.7 Å². The molecule has 6 rings (SSSR count). The number of alkyl halides is 3. The van der Waals surface area contributed by atoms with Crippen LogP contribution >= 0.6 is 0 Å². The number of methoxy groups -OCH3 is 1. The Hall–Kier alpha value is -4.28. The van der Waals surface area contributed by atoms with E-state index in [1.807, 2.05) is 26.0 Å². The third-order valence-corrected chi connectivity index (χ3v) is 14.4. The van der Waals surface area contributed by atoms with Gasteiger partial charge in [-0.05, 0) is 81.8 Å². The van der Waals surface area contributed by atoms with Crippen LogP contribution in [0.15, 0.2) is 36.3 Å². The second-order valence-electron chi connectivity index (χ2n) is 17.4. The van der Waals surface area contributed by atoms with Crippen molar-refractivity contribution < 1.29 is 59.4 Å². The van der Waals surface area contributed by atoms with E-state index in [4.69, 9.17) is 14.2 Å². The average Bonchev–Trinajstić information content (AvgIpc) is 4.08. The second kappa shape index (κ2) is 16.6. The molecule has 1 N–H and O–H groups in total. The molecule has 1 saturated heterocycles. The lowest BCUT2D eigenvalue weighted by molar-refractivity contribution is -0.257. The van der Waals surface area contributed by atoms with Gasteiger partial charge in [-0.25, -0.2) is 17.8 Å². The molecule has 3 aliphatic carbocycles. The zero-order chi connectivity index (χ0) is 43.2. The molecule has 0 unspecified atom stereocenters. The Labute approximate surface area is 342 Å².